The maximum atomic E-state index is 13.4. The normalized spacial score (nSPS) is 12.9. The van der Waals surface area contributed by atoms with Gasteiger partial charge in [-0.05, 0) is 72.4 Å². The van der Waals surface area contributed by atoms with Crippen molar-refractivity contribution >= 4 is 28.1 Å². The average molecular weight is 600 g/mol. The number of amides is 1. The molecule has 1 atom stereocenters. The maximum Gasteiger partial charge on any atom is 0.416 e. The van der Waals surface area contributed by atoms with Crippen molar-refractivity contribution < 1.29 is 35.9 Å². The summed E-state index contributed by atoms with van der Waals surface area (Å²) < 4.78 is 85.0. The lowest BCUT2D eigenvalue weighted by atomic mass is 9.99. The van der Waals surface area contributed by atoms with E-state index in [4.69, 9.17) is 4.74 Å². The van der Waals surface area contributed by atoms with Gasteiger partial charge in [0.2, 0.25) is 0 Å². The van der Waals surface area contributed by atoms with Crippen LogP contribution in [0.15, 0.2) is 77.3 Å². The summed E-state index contributed by atoms with van der Waals surface area (Å²) in [6.45, 7) is 1.52. The van der Waals surface area contributed by atoms with Crippen molar-refractivity contribution in [2.24, 2.45) is 0 Å². The molecule has 1 N–H and O–H groups in total. The molecule has 1 amide bonds. The van der Waals surface area contributed by atoms with Gasteiger partial charge in [-0.15, -0.1) is 0 Å². The van der Waals surface area contributed by atoms with Crippen molar-refractivity contribution in [1.29, 1.82) is 0 Å². The van der Waals surface area contributed by atoms with Crippen molar-refractivity contribution in [3.05, 3.63) is 111 Å². The van der Waals surface area contributed by atoms with E-state index in [-0.39, 0.29) is 25.0 Å². The molecule has 0 unspecified atom stereocenters. The summed E-state index contributed by atoms with van der Waals surface area (Å²) in [4.78, 5) is 12.5. The van der Waals surface area contributed by atoms with E-state index in [1.165, 1.54) is 12.1 Å². The number of hydrogen-bond acceptors (Lipinski definition) is 2. The minimum atomic E-state index is -4.59. The monoisotopic (exact) mass is 599 g/mol. The Hall–Kier alpha value is -3.27. The van der Waals surface area contributed by atoms with E-state index in [2.05, 4.69) is 21.2 Å². The molecule has 202 valence electrons. The minimum absolute atomic E-state index is 0.0298. The molecule has 0 aliphatic rings. The Morgan fingerprint density at radius 3 is 2.29 bits per heavy atom. The number of benzene rings is 3. The van der Waals surface area contributed by atoms with Gasteiger partial charge in [0.1, 0.15) is 6.61 Å². The Bertz CT molecular complexity index is 1270. The molecule has 0 saturated carbocycles. The lowest BCUT2D eigenvalue weighted by molar-refractivity contribution is -0.138. The van der Waals surface area contributed by atoms with E-state index in [1.807, 2.05) is 0 Å². The molecule has 10 heteroatoms. The second-order valence-electron chi connectivity index (χ2n) is 8.60. The van der Waals surface area contributed by atoms with Gasteiger partial charge in [-0.25, -0.2) is 4.79 Å². The van der Waals surface area contributed by atoms with Gasteiger partial charge >= 0.3 is 18.4 Å². The molecule has 0 saturated heterocycles. The highest BCUT2D eigenvalue weighted by Crippen LogP contribution is 2.35. The van der Waals surface area contributed by atoms with Crippen molar-refractivity contribution in [2.75, 3.05) is 0 Å². The summed E-state index contributed by atoms with van der Waals surface area (Å²) in [5.41, 5.74) is 0.0527. The first kappa shape index (κ1) is 29.3. The molecule has 0 aliphatic carbocycles. The van der Waals surface area contributed by atoms with Crippen molar-refractivity contribution in [3.63, 3.8) is 0 Å². The summed E-state index contributed by atoms with van der Waals surface area (Å²) in [7, 11) is 0. The van der Waals surface area contributed by atoms with Crippen LogP contribution in [0.25, 0.3) is 6.08 Å². The number of hydrogen-bond donors (Lipinski definition) is 1. The van der Waals surface area contributed by atoms with Crippen LogP contribution in [0.2, 0.25) is 0 Å². The van der Waals surface area contributed by atoms with Gasteiger partial charge in [0.25, 0.3) is 0 Å². The molecule has 38 heavy (non-hydrogen) atoms. The topological polar surface area (TPSA) is 38.3 Å². The highest BCUT2D eigenvalue weighted by molar-refractivity contribution is 9.10. The average Bonchev–Trinajstić information content (AvgIpc) is 2.84. The Labute approximate surface area is 224 Å². The van der Waals surface area contributed by atoms with Gasteiger partial charge in [-0.1, -0.05) is 64.5 Å². The van der Waals surface area contributed by atoms with E-state index >= 15 is 0 Å². The highest BCUT2D eigenvalue weighted by Gasteiger charge is 2.32. The first-order valence-corrected chi connectivity index (χ1v) is 12.3. The standard InChI is InChI=1S/C28H24BrF6NO2/c1-18-13-20(15-22(14-18)28(33,34)35)9-5-6-10-25(23-16-21(27(30,31)32)11-12-24(23)29)36-26(37)38-17-19-7-3-2-4-8-19/h2-5,7-9,11-16,25H,6,10,17H2,1H3,(H,36,37)/t25-/m1/s1. The van der Waals surface area contributed by atoms with Crippen LogP contribution in [0, 0.1) is 6.92 Å². The number of alkyl halides is 6. The molecule has 0 bridgehead atoms. The summed E-state index contributed by atoms with van der Waals surface area (Å²) in [6, 6.07) is 14.8. The predicted octanol–water partition coefficient (Wildman–Crippen LogP) is 9.26. The first-order chi connectivity index (χ1) is 17.8. The maximum absolute atomic E-state index is 13.4. The van der Waals surface area contributed by atoms with Crippen LogP contribution in [0.5, 0.6) is 0 Å². The SMILES string of the molecule is Cc1cc(C=CCC[C@@H](NC(=O)OCc2ccccc2)c2cc(C(F)(F)F)ccc2Br)cc(C(F)(F)F)c1. The second-order valence-corrected chi connectivity index (χ2v) is 9.46. The Kier molecular flexibility index (Phi) is 9.65. The molecular weight excluding hydrogens is 576 g/mol. The molecule has 3 nitrogen and oxygen atoms in total. The molecule has 0 heterocycles. The fraction of sp³-hybridized carbons (Fsp3) is 0.250. The number of rotatable bonds is 8. The van der Waals surface area contributed by atoms with Crippen LogP contribution < -0.4 is 5.32 Å². The molecule has 3 aromatic rings. The molecule has 0 radical (unpaired) electrons. The molecular formula is C28H24BrF6NO2. The van der Waals surface area contributed by atoms with Crippen LogP contribution in [0.3, 0.4) is 0 Å². The smallest absolute Gasteiger partial charge is 0.416 e. The van der Waals surface area contributed by atoms with E-state index < -0.39 is 35.6 Å². The first-order valence-electron chi connectivity index (χ1n) is 11.5. The van der Waals surface area contributed by atoms with Crippen LogP contribution in [0.4, 0.5) is 31.1 Å². The second kappa shape index (κ2) is 12.5. The summed E-state index contributed by atoms with van der Waals surface area (Å²) in [5.74, 6) is 0. The number of allylic oxidation sites excluding steroid dienone is 1. The lowest BCUT2D eigenvalue weighted by Crippen LogP contribution is -2.29. The van der Waals surface area contributed by atoms with E-state index in [9.17, 15) is 31.1 Å². The largest absolute Gasteiger partial charge is 0.445 e. The number of nitrogens with one attached hydrogen (secondary N) is 1. The van der Waals surface area contributed by atoms with E-state index in [1.54, 1.807) is 49.4 Å². The third-order valence-electron chi connectivity index (χ3n) is 5.56. The number of alkyl carbamates (subject to hydrolysis) is 1. The third kappa shape index (κ3) is 8.65. The molecule has 3 rings (SSSR count). The van der Waals surface area contributed by atoms with E-state index in [0.717, 1.165) is 29.8 Å². The quantitative estimate of drug-likeness (QED) is 0.262. The van der Waals surface area contributed by atoms with Crippen LogP contribution >= 0.6 is 15.9 Å². The summed E-state index contributed by atoms with van der Waals surface area (Å²) in [6.07, 6.45) is -6.36. The number of carbonyl (C=O) groups excluding carboxylic acids is 1. The zero-order valence-electron chi connectivity index (χ0n) is 20.2. The number of aryl methyl sites for hydroxylation is 1. The van der Waals surface area contributed by atoms with Crippen molar-refractivity contribution in [1.82, 2.24) is 5.32 Å². The van der Waals surface area contributed by atoms with Crippen molar-refractivity contribution in [3.8, 4) is 0 Å². The molecule has 0 aromatic heterocycles. The Morgan fingerprint density at radius 1 is 0.947 bits per heavy atom. The molecule has 0 aliphatic heterocycles. The fourth-order valence-electron chi connectivity index (χ4n) is 3.75. The molecule has 3 aromatic carbocycles. The third-order valence-corrected chi connectivity index (χ3v) is 6.29. The van der Waals surface area contributed by atoms with Gasteiger partial charge in [0, 0.05) is 4.47 Å². The predicted molar refractivity (Wildman–Crippen MR) is 136 cm³/mol. The number of ether oxygens (including phenoxy) is 1. The van der Waals surface area contributed by atoms with Gasteiger partial charge < -0.3 is 10.1 Å². The zero-order valence-corrected chi connectivity index (χ0v) is 21.8. The fourth-order valence-corrected chi connectivity index (χ4v) is 4.28. The van der Waals surface area contributed by atoms with Gasteiger partial charge in [-0.2, -0.15) is 26.3 Å². The van der Waals surface area contributed by atoms with Gasteiger partial charge in [0.05, 0.1) is 17.2 Å². The Morgan fingerprint density at radius 2 is 1.63 bits per heavy atom. The van der Waals surface area contributed by atoms with Gasteiger partial charge in [0.15, 0.2) is 0 Å². The van der Waals surface area contributed by atoms with Gasteiger partial charge in [-0.3, -0.25) is 0 Å². The van der Waals surface area contributed by atoms with Crippen molar-refractivity contribution in [2.45, 2.75) is 44.8 Å². The summed E-state index contributed by atoms with van der Waals surface area (Å²) >= 11 is 3.26. The Balaban J connectivity index is 1.78. The number of halogens is 7. The number of carbonyl (C=O) groups is 1. The molecule has 0 spiro atoms. The van der Waals surface area contributed by atoms with Crippen LogP contribution in [-0.4, -0.2) is 6.09 Å². The van der Waals surface area contributed by atoms with Crippen LogP contribution in [0.1, 0.15) is 52.3 Å². The highest BCUT2D eigenvalue weighted by atomic mass is 79.9. The van der Waals surface area contributed by atoms with Crippen LogP contribution in [-0.2, 0) is 23.7 Å². The molecule has 0 fully saturated rings. The zero-order chi connectivity index (χ0) is 27.9. The lowest BCUT2D eigenvalue weighted by Gasteiger charge is -2.21. The van der Waals surface area contributed by atoms with E-state index in [0.29, 0.717) is 15.6 Å². The minimum Gasteiger partial charge on any atom is -0.445 e. The summed E-state index contributed by atoms with van der Waals surface area (Å²) in [5, 5.41) is 2.62.